The molecule has 1 unspecified atom stereocenters. The fraction of sp³-hybridized carbons (Fsp3) is 0.312. The third-order valence-electron chi connectivity index (χ3n) is 4.15. The molecule has 120 valence electrons. The van der Waals surface area contributed by atoms with Crippen molar-refractivity contribution in [1.82, 2.24) is 9.97 Å². The van der Waals surface area contributed by atoms with Gasteiger partial charge in [0.15, 0.2) is 0 Å². The standard InChI is InChI=1S/C16H18N4O3/c17-15(18)23-16(21,22)12-5-4-10-2-1-3-13(14(10)6-12)11-7-19-9-20-8-11/h1-3,7-9,12,21-22H,4-6H2,(H3,17,18). The van der Waals surface area contributed by atoms with E-state index in [4.69, 9.17) is 11.1 Å². The predicted octanol–water partition coefficient (Wildman–Crippen LogP) is 0.797. The van der Waals surface area contributed by atoms with Gasteiger partial charge in [0.25, 0.3) is 6.02 Å². The number of nitrogens with zero attached hydrogens (tertiary/aromatic N) is 2. The summed E-state index contributed by atoms with van der Waals surface area (Å²) in [6, 6.07) is 5.24. The highest BCUT2D eigenvalue weighted by Crippen LogP contribution is 2.37. The number of aliphatic hydroxyl groups is 2. The van der Waals surface area contributed by atoms with E-state index in [0.29, 0.717) is 19.3 Å². The minimum absolute atomic E-state index is 0.403. The lowest BCUT2D eigenvalue weighted by molar-refractivity contribution is -0.333. The van der Waals surface area contributed by atoms with E-state index >= 15 is 0 Å². The van der Waals surface area contributed by atoms with Crippen LogP contribution >= 0.6 is 0 Å². The third-order valence-corrected chi connectivity index (χ3v) is 4.15. The molecule has 0 amide bonds. The Morgan fingerprint density at radius 1 is 1.30 bits per heavy atom. The summed E-state index contributed by atoms with van der Waals surface area (Å²) in [6.45, 7) is 0. The van der Waals surface area contributed by atoms with Crippen LogP contribution in [0.2, 0.25) is 0 Å². The Balaban J connectivity index is 1.95. The van der Waals surface area contributed by atoms with Crippen LogP contribution in [0, 0.1) is 11.3 Å². The molecule has 1 aromatic heterocycles. The lowest BCUT2D eigenvalue weighted by Crippen LogP contribution is -2.46. The second kappa shape index (κ2) is 5.94. The molecule has 1 aliphatic rings. The average molecular weight is 314 g/mol. The van der Waals surface area contributed by atoms with Gasteiger partial charge in [0.2, 0.25) is 0 Å². The molecule has 1 aliphatic carbocycles. The lowest BCUT2D eigenvalue weighted by Gasteiger charge is -2.34. The Hall–Kier alpha value is -2.51. The molecule has 7 heteroatoms. The smallest absolute Gasteiger partial charge is 0.327 e. The molecule has 0 spiro atoms. The maximum Gasteiger partial charge on any atom is 0.327 e. The molecule has 0 radical (unpaired) electrons. The second-order valence-corrected chi connectivity index (χ2v) is 5.64. The first-order chi connectivity index (χ1) is 11.0. The van der Waals surface area contributed by atoms with E-state index in [1.807, 2.05) is 18.2 Å². The van der Waals surface area contributed by atoms with Gasteiger partial charge < -0.3 is 20.7 Å². The molecular weight excluding hydrogens is 296 g/mol. The molecule has 0 fully saturated rings. The summed E-state index contributed by atoms with van der Waals surface area (Å²) in [4.78, 5) is 8.08. The van der Waals surface area contributed by atoms with Gasteiger partial charge in [-0.15, -0.1) is 0 Å². The zero-order valence-electron chi connectivity index (χ0n) is 12.4. The van der Waals surface area contributed by atoms with E-state index < -0.39 is 17.9 Å². The SMILES string of the molecule is N=C(N)OC(O)(O)C1CCc2cccc(-c3cncnc3)c2C1. The molecule has 3 rings (SSSR count). The fourth-order valence-electron chi connectivity index (χ4n) is 3.06. The number of aromatic nitrogens is 2. The van der Waals surface area contributed by atoms with Crippen molar-refractivity contribution in [3.8, 4) is 11.1 Å². The van der Waals surface area contributed by atoms with Gasteiger partial charge in [-0.3, -0.25) is 5.41 Å². The van der Waals surface area contributed by atoms with Crippen molar-refractivity contribution in [3.63, 3.8) is 0 Å². The lowest BCUT2D eigenvalue weighted by atomic mass is 9.79. The molecule has 1 atom stereocenters. The molecule has 1 aromatic carbocycles. The molecule has 23 heavy (non-hydrogen) atoms. The van der Waals surface area contributed by atoms with Crippen molar-refractivity contribution >= 4 is 6.02 Å². The zero-order valence-corrected chi connectivity index (χ0v) is 12.4. The Kier molecular flexibility index (Phi) is 3.97. The Morgan fingerprint density at radius 3 is 2.74 bits per heavy atom. The largest absolute Gasteiger partial charge is 0.408 e. The molecule has 0 aliphatic heterocycles. The van der Waals surface area contributed by atoms with Gasteiger partial charge in [0.05, 0.1) is 5.92 Å². The van der Waals surface area contributed by atoms with Gasteiger partial charge in [-0.25, -0.2) is 9.97 Å². The number of benzene rings is 1. The van der Waals surface area contributed by atoms with Gasteiger partial charge in [0, 0.05) is 18.0 Å². The monoisotopic (exact) mass is 314 g/mol. The topological polar surface area (TPSA) is 125 Å². The van der Waals surface area contributed by atoms with E-state index in [1.54, 1.807) is 12.4 Å². The number of hydrogen-bond donors (Lipinski definition) is 4. The van der Waals surface area contributed by atoms with E-state index in [0.717, 1.165) is 22.3 Å². The first kappa shape index (κ1) is 15.4. The molecule has 0 saturated heterocycles. The summed E-state index contributed by atoms with van der Waals surface area (Å²) in [7, 11) is 0. The van der Waals surface area contributed by atoms with Crippen molar-refractivity contribution in [3.05, 3.63) is 48.0 Å². The summed E-state index contributed by atoms with van der Waals surface area (Å²) in [5.41, 5.74) is 9.13. The van der Waals surface area contributed by atoms with Crippen molar-refractivity contribution in [2.24, 2.45) is 11.7 Å². The van der Waals surface area contributed by atoms with Crippen molar-refractivity contribution in [1.29, 1.82) is 5.41 Å². The van der Waals surface area contributed by atoms with Crippen LogP contribution in [0.25, 0.3) is 11.1 Å². The quantitative estimate of drug-likeness (QED) is 0.377. The van der Waals surface area contributed by atoms with E-state index in [-0.39, 0.29) is 0 Å². The van der Waals surface area contributed by atoms with Crippen LogP contribution in [0.15, 0.2) is 36.9 Å². The normalized spacial score (nSPS) is 17.4. The van der Waals surface area contributed by atoms with Crippen molar-refractivity contribution in [2.45, 2.75) is 25.2 Å². The summed E-state index contributed by atoms with van der Waals surface area (Å²) in [5.74, 6) is -3.03. The van der Waals surface area contributed by atoms with Crippen LogP contribution in [0.1, 0.15) is 17.5 Å². The number of nitrogens with one attached hydrogen (secondary N) is 1. The van der Waals surface area contributed by atoms with Crippen LogP contribution in [0.3, 0.4) is 0 Å². The third kappa shape index (κ3) is 3.15. The number of fused-ring (bicyclic) bond motifs is 1. The average Bonchev–Trinajstić information content (AvgIpc) is 2.53. The minimum atomic E-state index is -2.45. The van der Waals surface area contributed by atoms with Crippen LogP contribution in [-0.4, -0.2) is 32.2 Å². The molecule has 0 saturated carbocycles. The summed E-state index contributed by atoms with van der Waals surface area (Å²) in [5, 5.41) is 27.3. The number of hydrogen-bond acceptors (Lipinski definition) is 6. The van der Waals surface area contributed by atoms with Gasteiger partial charge in [-0.05, 0) is 36.0 Å². The van der Waals surface area contributed by atoms with E-state index in [1.165, 1.54) is 6.33 Å². The number of aryl methyl sites for hydroxylation is 1. The van der Waals surface area contributed by atoms with Crippen molar-refractivity contribution < 1.29 is 14.9 Å². The summed E-state index contributed by atoms with van der Waals surface area (Å²) in [6.07, 6.45) is 6.54. The molecule has 2 aromatic rings. The maximum atomic E-state index is 10.1. The molecule has 7 nitrogen and oxygen atoms in total. The highest BCUT2D eigenvalue weighted by molar-refractivity contribution is 5.68. The van der Waals surface area contributed by atoms with Crippen LogP contribution in [-0.2, 0) is 17.6 Å². The Bertz CT molecular complexity index is 719. The first-order valence-corrected chi connectivity index (χ1v) is 7.31. The first-order valence-electron chi connectivity index (χ1n) is 7.31. The Morgan fingerprint density at radius 2 is 2.04 bits per heavy atom. The van der Waals surface area contributed by atoms with Crippen LogP contribution < -0.4 is 5.73 Å². The van der Waals surface area contributed by atoms with Crippen LogP contribution in [0.5, 0.6) is 0 Å². The number of nitrogens with two attached hydrogens (primary N) is 1. The van der Waals surface area contributed by atoms with Gasteiger partial charge in [-0.2, -0.15) is 0 Å². The molecular formula is C16H18N4O3. The maximum absolute atomic E-state index is 10.1. The van der Waals surface area contributed by atoms with E-state index in [9.17, 15) is 10.2 Å². The van der Waals surface area contributed by atoms with Gasteiger partial charge in [0.1, 0.15) is 6.33 Å². The van der Waals surface area contributed by atoms with Gasteiger partial charge >= 0.3 is 5.97 Å². The zero-order chi connectivity index (χ0) is 16.4. The number of amidine groups is 1. The predicted molar refractivity (Wildman–Crippen MR) is 83.2 cm³/mol. The molecule has 0 bridgehead atoms. The highest BCUT2D eigenvalue weighted by atomic mass is 16.8. The minimum Gasteiger partial charge on any atom is -0.408 e. The fourth-order valence-corrected chi connectivity index (χ4v) is 3.06. The number of rotatable bonds is 3. The molecule has 1 heterocycles. The highest BCUT2D eigenvalue weighted by Gasteiger charge is 2.40. The summed E-state index contributed by atoms with van der Waals surface area (Å²) < 4.78 is 4.69. The second-order valence-electron chi connectivity index (χ2n) is 5.64. The Labute approximate surface area is 133 Å². The molecule has 5 N–H and O–H groups in total. The number of ether oxygens (including phenoxy) is 1. The summed E-state index contributed by atoms with van der Waals surface area (Å²) >= 11 is 0. The van der Waals surface area contributed by atoms with Gasteiger partial charge in [-0.1, -0.05) is 18.2 Å². The van der Waals surface area contributed by atoms with E-state index in [2.05, 4.69) is 14.7 Å². The van der Waals surface area contributed by atoms with Crippen LogP contribution in [0.4, 0.5) is 0 Å². The van der Waals surface area contributed by atoms with Crippen molar-refractivity contribution in [2.75, 3.05) is 0 Å².